The van der Waals surface area contributed by atoms with E-state index in [1.807, 2.05) is 29.2 Å². The van der Waals surface area contributed by atoms with Crippen LogP contribution in [0.15, 0.2) is 24.5 Å². The number of hydrogen-bond acceptors (Lipinski definition) is 4. The van der Waals surface area contributed by atoms with E-state index in [1.54, 1.807) is 14.2 Å². The molecule has 0 spiro atoms. The second-order valence-electron chi connectivity index (χ2n) is 4.97. The molecule has 0 aliphatic heterocycles. The summed E-state index contributed by atoms with van der Waals surface area (Å²) in [5.74, 6) is 1.18. The highest BCUT2D eigenvalue weighted by molar-refractivity contribution is 6.32. The molecule has 2 aromatic rings. The number of rotatable bonds is 6. The number of halogens is 1. The topological polar surface area (TPSA) is 48.3 Å². The van der Waals surface area contributed by atoms with Crippen LogP contribution >= 0.6 is 11.6 Å². The Kier molecular flexibility index (Phi) is 4.96. The summed E-state index contributed by atoms with van der Waals surface area (Å²) in [6.07, 6.45) is 3.79. The molecule has 2 rings (SSSR count). The molecule has 5 nitrogen and oxygen atoms in total. The maximum absolute atomic E-state index is 6.19. The predicted molar refractivity (Wildman–Crippen MR) is 84.5 cm³/mol. The average molecular weight is 310 g/mol. The van der Waals surface area contributed by atoms with Gasteiger partial charge in [0.05, 0.1) is 31.1 Å². The van der Waals surface area contributed by atoms with Gasteiger partial charge in [-0.1, -0.05) is 11.6 Å². The fourth-order valence-electron chi connectivity index (χ4n) is 1.99. The van der Waals surface area contributed by atoms with Crippen LogP contribution in [-0.2, 0) is 6.54 Å². The molecule has 0 bridgehead atoms. The van der Waals surface area contributed by atoms with E-state index in [9.17, 15) is 0 Å². The Labute approximate surface area is 129 Å². The monoisotopic (exact) mass is 309 g/mol. The first-order valence-electron chi connectivity index (χ1n) is 6.73. The molecular weight excluding hydrogens is 290 g/mol. The van der Waals surface area contributed by atoms with Crippen LogP contribution < -0.4 is 14.8 Å². The van der Waals surface area contributed by atoms with Gasteiger partial charge in [-0.15, -0.1) is 0 Å². The van der Waals surface area contributed by atoms with E-state index >= 15 is 0 Å². The van der Waals surface area contributed by atoms with Gasteiger partial charge in [-0.3, -0.25) is 4.68 Å². The fourth-order valence-corrected chi connectivity index (χ4v) is 2.30. The van der Waals surface area contributed by atoms with Crippen molar-refractivity contribution in [3.8, 4) is 11.5 Å². The lowest BCUT2D eigenvalue weighted by atomic mass is 10.2. The van der Waals surface area contributed by atoms with Crippen LogP contribution in [-0.4, -0.2) is 24.0 Å². The molecule has 0 saturated carbocycles. The number of hydrogen-bond donors (Lipinski definition) is 1. The van der Waals surface area contributed by atoms with Gasteiger partial charge in [0.25, 0.3) is 0 Å². The van der Waals surface area contributed by atoms with Crippen molar-refractivity contribution in [1.82, 2.24) is 9.78 Å². The maximum atomic E-state index is 6.19. The summed E-state index contributed by atoms with van der Waals surface area (Å²) in [6.45, 7) is 4.81. The Morgan fingerprint density at radius 2 is 2.05 bits per heavy atom. The zero-order valence-electron chi connectivity index (χ0n) is 12.7. The average Bonchev–Trinajstić information content (AvgIpc) is 2.93. The molecule has 0 unspecified atom stereocenters. The van der Waals surface area contributed by atoms with Gasteiger partial charge in [-0.25, -0.2) is 0 Å². The Bertz CT molecular complexity index is 611. The molecule has 0 amide bonds. The molecule has 0 aliphatic carbocycles. The number of nitrogens with one attached hydrogen (secondary N) is 1. The molecule has 0 radical (unpaired) electrons. The number of nitrogens with zero attached hydrogens (tertiary/aromatic N) is 2. The number of aromatic nitrogens is 2. The van der Waals surface area contributed by atoms with Crippen LogP contribution in [0.4, 0.5) is 5.69 Å². The van der Waals surface area contributed by atoms with Gasteiger partial charge in [0.1, 0.15) is 0 Å². The lowest BCUT2D eigenvalue weighted by molar-refractivity contribution is 0.355. The Morgan fingerprint density at radius 3 is 2.62 bits per heavy atom. The van der Waals surface area contributed by atoms with E-state index in [0.717, 1.165) is 11.3 Å². The summed E-state index contributed by atoms with van der Waals surface area (Å²) in [7, 11) is 3.17. The third kappa shape index (κ3) is 3.61. The highest BCUT2D eigenvalue weighted by Gasteiger charge is 2.11. The van der Waals surface area contributed by atoms with E-state index in [2.05, 4.69) is 24.3 Å². The van der Waals surface area contributed by atoms with Crippen molar-refractivity contribution in [2.75, 3.05) is 19.5 Å². The van der Waals surface area contributed by atoms with Crippen LogP contribution in [0.5, 0.6) is 11.5 Å². The van der Waals surface area contributed by atoms with Crippen molar-refractivity contribution < 1.29 is 9.47 Å². The molecule has 1 aromatic heterocycles. The minimum atomic E-state index is 0.344. The van der Waals surface area contributed by atoms with Gasteiger partial charge in [0.2, 0.25) is 0 Å². The second-order valence-corrected chi connectivity index (χ2v) is 5.38. The summed E-state index contributed by atoms with van der Waals surface area (Å²) in [6, 6.07) is 4.11. The molecule has 21 heavy (non-hydrogen) atoms. The van der Waals surface area contributed by atoms with Crippen LogP contribution in [0, 0.1) is 0 Å². The van der Waals surface area contributed by atoms with E-state index in [0.29, 0.717) is 29.1 Å². The molecule has 0 fully saturated rings. The van der Waals surface area contributed by atoms with E-state index in [4.69, 9.17) is 21.1 Å². The smallest absolute Gasteiger partial charge is 0.179 e. The lowest BCUT2D eigenvalue weighted by Crippen LogP contribution is -2.02. The summed E-state index contributed by atoms with van der Waals surface area (Å²) in [5, 5.41) is 8.14. The van der Waals surface area contributed by atoms with Crippen molar-refractivity contribution in [3.05, 3.63) is 35.1 Å². The molecule has 1 heterocycles. The normalized spacial score (nSPS) is 10.8. The molecule has 6 heteroatoms. The van der Waals surface area contributed by atoms with Crippen LogP contribution in [0.1, 0.15) is 25.5 Å². The number of ether oxygens (including phenoxy) is 2. The molecule has 0 saturated heterocycles. The molecule has 1 aromatic carbocycles. The van der Waals surface area contributed by atoms with Gasteiger partial charge >= 0.3 is 0 Å². The van der Waals surface area contributed by atoms with Crippen molar-refractivity contribution >= 4 is 17.3 Å². The van der Waals surface area contributed by atoms with Gasteiger partial charge < -0.3 is 14.8 Å². The molecule has 114 valence electrons. The maximum Gasteiger partial charge on any atom is 0.179 e. The van der Waals surface area contributed by atoms with Gasteiger partial charge in [0.15, 0.2) is 11.5 Å². The Morgan fingerprint density at radius 1 is 1.29 bits per heavy atom. The second kappa shape index (κ2) is 6.72. The minimum absolute atomic E-state index is 0.344. The molecule has 1 N–H and O–H groups in total. The van der Waals surface area contributed by atoms with E-state index in [1.165, 1.54) is 0 Å². The zero-order valence-corrected chi connectivity index (χ0v) is 13.4. The van der Waals surface area contributed by atoms with Crippen molar-refractivity contribution in [3.63, 3.8) is 0 Å². The number of benzene rings is 1. The van der Waals surface area contributed by atoms with E-state index in [-0.39, 0.29) is 0 Å². The van der Waals surface area contributed by atoms with Crippen molar-refractivity contribution in [2.24, 2.45) is 0 Å². The quantitative estimate of drug-likeness (QED) is 0.883. The van der Waals surface area contributed by atoms with Crippen molar-refractivity contribution in [1.29, 1.82) is 0 Å². The molecular formula is C15H20ClN3O2. The van der Waals surface area contributed by atoms with Gasteiger partial charge in [-0.2, -0.15) is 5.10 Å². The largest absolute Gasteiger partial charge is 0.493 e. The first-order valence-corrected chi connectivity index (χ1v) is 7.11. The Balaban J connectivity index is 2.10. The third-order valence-corrected chi connectivity index (χ3v) is 3.40. The predicted octanol–water partition coefficient (Wildman–Crippen LogP) is 3.75. The van der Waals surface area contributed by atoms with Crippen LogP contribution in [0.2, 0.25) is 5.02 Å². The summed E-state index contributed by atoms with van der Waals surface area (Å²) in [5.41, 5.74) is 1.98. The Hall–Kier alpha value is -1.88. The van der Waals surface area contributed by atoms with Gasteiger partial charge in [-0.05, 0) is 31.5 Å². The highest BCUT2D eigenvalue weighted by Crippen LogP contribution is 2.36. The van der Waals surface area contributed by atoms with Crippen LogP contribution in [0.3, 0.4) is 0 Å². The summed E-state index contributed by atoms with van der Waals surface area (Å²) >= 11 is 6.19. The first kappa shape index (κ1) is 15.5. The molecule has 0 aliphatic rings. The zero-order chi connectivity index (χ0) is 15.4. The van der Waals surface area contributed by atoms with Gasteiger partial charge in [0, 0.05) is 18.8 Å². The van der Waals surface area contributed by atoms with Crippen LogP contribution in [0.25, 0.3) is 0 Å². The number of methoxy groups -OCH3 is 2. The minimum Gasteiger partial charge on any atom is -0.493 e. The third-order valence-electron chi connectivity index (χ3n) is 3.12. The summed E-state index contributed by atoms with van der Waals surface area (Å²) in [4.78, 5) is 0. The first-order chi connectivity index (χ1) is 10.0. The highest BCUT2D eigenvalue weighted by atomic mass is 35.5. The van der Waals surface area contributed by atoms with E-state index < -0.39 is 0 Å². The SMILES string of the molecule is COc1cc(CNc2cnn(C(C)C)c2)cc(Cl)c1OC. The lowest BCUT2D eigenvalue weighted by Gasteiger charge is -2.12. The number of anilines is 1. The summed E-state index contributed by atoms with van der Waals surface area (Å²) < 4.78 is 12.4. The standard InChI is InChI=1S/C15H20ClN3O2/c1-10(2)19-9-12(8-18-19)17-7-11-5-13(16)15(21-4)14(6-11)20-3/h5-6,8-10,17H,7H2,1-4H3. The van der Waals surface area contributed by atoms with Crippen molar-refractivity contribution in [2.45, 2.75) is 26.4 Å². The molecule has 0 atom stereocenters. The fraction of sp³-hybridized carbons (Fsp3) is 0.400.